The summed E-state index contributed by atoms with van der Waals surface area (Å²) in [5, 5.41) is 0. The molecular formula is C17H14BrF5. The molecule has 0 spiro atoms. The molecular weight excluding hydrogens is 379 g/mol. The number of alkyl halides is 5. The van der Waals surface area contributed by atoms with Gasteiger partial charge in [-0.15, -0.1) is 0 Å². The lowest BCUT2D eigenvalue weighted by molar-refractivity contribution is -0.289. The third-order valence-electron chi connectivity index (χ3n) is 3.68. The summed E-state index contributed by atoms with van der Waals surface area (Å²) in [5.41, 5.74) is 0.559. The van der Waals surface area contributed by atoms with Crippen LogP contribution < -0.4 is 0 Å². The summed E-state index contributed by atoms with van der Waals surface area (Å²) in [5.74, 6) is -4.91. The van der Waals surface area contributed by atoms with Gasteiger partial charge in [0, 0.05) is 10.0 Å². The van der Waals surface area contributed by atoms with Crippen molar-refractivity contribution < 1.29 is 22.0 Å². The number of hydrogen-bond donors (Lipinski definition) is 0. The zero-order valence-corrected chi connectivity index (χ0v) is 14.0. The topological polar surface area (TPSA) is 0 Å². The van der Waals surface area contributed by atoms with Crippen LogP contribution in [0.5, 0.6) is 0 Å². The molecule has 0 heterocycles. The van der Waals surface area contributed by atoms with E-state index in [1.165, 1.54) is 12.1 Å². The Balaban J connectivity index is 2.78. The fourth-order valence-corrected chi connectivity index (χ4v) is 2.71. The van der Waals surface area contributed by atoms with Crippen LogP contribution in [0.15, 0.2) is 40.9 Å². The van der Waals surface area contributed by atoms with Gasteiger partial charge < -0.3 is 0 Å². The van der Waals surface area contributed by atoms with Crippen LogP contribution in [-0.2, 0) is 12.3 Å². The van der Waals surface area contributed by atoms with Crippen molar-refractivity contribution in [3.63, 3.8) is 0 Å². The molecule has 0 atom stereocenters. The van der Waals surface area contributed by atoms with Crippen LogP contribution in [0.25, 0.3) is 11.1 Å². The standard InChI is InChI=1S/C17H14BrF5/c1-3-11-5-7-15(16(19,20)17(21,22)23)14(8-11)13-9-12(18)6-4-10(13)2/h4-9H,3H2,1-2H3. The van der Waals surface area contributed by atoms with Crippen LogP contribution in [0.4, 0.5) is 22.0 Å². The minimum Gasteiger partial charge on any atom is -0.191 e. The van der Waals surface area contributed by atoms with Crippen molar-refractivity contribution in [1.82, 2.24) is 0 Å². The molecule has 0 fully saturated rings. The average molecular weight is 393 g/mol. The maximum absolute atomic E-state index is 13.9. The van der Waals surface area contributed by atoms with Gasteiger partial charge in [0.2, 0.25) is 0 Å². The molecule has 0 amide bonds. The Morgan fingerprint density at radius 2 is 1.57 bits per heavy atom. The SMILES string of the molecule is CCc1ccc(C(F)(F)C(F)(F)F)c(-c2cc(Br)ccc2C)c1. The number of hydrogen-bond acceptors (Lipinski definition) is 0. The van der Waals surface area contributed by atoms with Crippen LogP contribution in [0.1, 0.15) is 23.6 Å². The van der Waals surface area contributed by atoms with Gasteiger partial charge in [-0.3, -0.25) is 0 Å². The smallest absolute Gasteiger partial charge is 0.191 e. The molecule has 0 N–H and O–H groups in total. The van der Waals surface area contributed by atoms with Crippen molar-refractivity contribution in [2.45, 2.75) is 32.4 Å². The van der Waals surface area contributed by atoms with Gasteiger partial charge in [0.15, 0.2) is 0 Å². The lowest BCUT2D eigenvalue weighted by Crippen LogP contribution is -2.34. The van der Waals surface area contributed by atoms with Crippen molar-refractivity contribution in [3.8, 4) is 11.1 Å². The molecule has 0 unspecified atom stereocenters. The van der Waals surface area contributed by atoms with E-state index in [0.717, 1.165) is 6.07 Å². The molecule has 0 aromatic heterocycles. The molecule has 0 aliphatic heterocycles. The van der Waals surface area contributed by atoms with Crippen molar-refractivity contribution in [2.75, 3.05) is 0 Å². The minimum absolute atomic E-state index is 0.0922. The van der Waals surface area contributed by atoms with E-state index >= 15 is 0 Å². The first-order valence-corrected chi connectivity index (χ1v) is 7.71. The molecule has 2 rings (SSSR count). The number of aryl methyl sites for hydroxylation is 2. The Kier molecular flexibility index (Phi) is 4.85. The first kappa shape index (κ1) is 17.9. The van der Waals surface area contributed by atoms with Gasteiger partial charge in [-0.1, -0.05) is 47.1 Å². The number of halogens is 6. The van der Waals surface area contributed by atoms with Crippen LogP contribution in [0.2, 0.25) is 0 Å². The highest BCUT2D eigenvalue weighted by Gasteiger charge is 2.59. The minimum atomic E-state index is -5.64. The van der Waals surface area contributed by atoms with E-state index in [0.29, 0.717) is 27.6 Å². The Morgan fingerprint density at radius 1 is 0.913 bits per heavy atom. The summed E-state index contributed by atoms with van der Waals surface area (Å²) >= 11 is 3.23. The second kappa shape index (κ2) is 6.23. The third-order valence-corrected chi connectivity index (χ3v) is 4.17. The van der Waals surface area contributed by atoms with Gasteiger partial charge in [0.1, 0.15) is 0 Å². The van der Waals surface area contributed by atoms with Gasteiger partial charge in [-0.25, -0.2) is 0 Å². The maximum Gasteiger partial charge on any atom is 0.458 e. The molecule has 0 nitrogen and oxygen atoms in total. The second-order valence-corrected chi connectivity index (χ2v) is 6.18. The fraction of sp³-hybridized carbons (Fsp3) is 0.294. The van der Waals surface area contributed by atoms with E-state index in [1.807, 2.05) is 6.92 Å². The predicted octanol–water partition coefficient (Wildman–Crippen LogP) is 6.64. The first-order valence-electron chi connectivity index (χ1n) is 6.92. The molecule has 6 heteroatoms. The largest absolute Gasteiger partial charge is 0.458 e. The summed E-state index contributed by atoms with van der Waals surface area (Å²) < 4.78 is 66.9. The quantitative estimate of drug-likeness (QED) is 0.513. The average Bonchev–Trinajstić information content (AvgIpc) is 2.48. The van der Waals surface area contributed by atoms with Gasteiger partial charge in [0.25, 0.3) is 0 Å². The Morgan fingerprint density at radius 3 is 2.13 bits per heavy atom. The zero-order valence-electron chi connectivity index (χ0n) is 12.4. The second-order valence-electron chi connectivity index (χ2n) is 5.26. The first-order chi connectivity index (χ1) is 10.6. The van der Waals surface area contributed by atoms with Crippen LogP contribution >= 0.6 is 15.9 Å². The molecule has 0 aliphatic rings. The highest BCUT2D eigenvalue weighted by Crippen LogP contribution is 2.48. The van der Waals surface area contributed by atoms with Crippen LogP contribution in [-0.4, -0.2) is 6.18 Å². The summed E-state index contributed by atoms with van der Waals surface area (Å²) in [6.07, 6.45) is -5.10. The monoisotopic (exact) mass is 392 g/mol. The molecule has 0 bridgehead atoms. The van der Waals surface area contributed by atoms with E-state index in [-0.39, 0.29) is 5.56 Å². The Hall–Kier alpha value is -1.43. The van der Waals surface area contributed by atoms with Crippen molar-refractivity contribution >= 4 is 15.9 Å². The van der Waals surface area contributed by atoms with Crippen molar-refractivity contribution in [2.24, 2.45) is 0 Å². The highest BCUT2D eigenvalue weighted by atomic mass is 79.9. The van der Waals surface area contributed by atoms with Crippen LogP contribution in [0, 0.1) is 6.92 Å². The van der Waals surface area contributed by atoms with Gasteiger partial charge in [-0.2, -0.15) is 22.0 Å². The summed E-state index contributed by atoms with van der Waals surface area (Å²) in [6, 6.07) is 8.54. The predicted molar refractivity (Wildman–Crippen MR) is 83.6 cm³/mol. The molecule has 0 saturated heterocycles. The molecule has 0 saturated carbocycles. The Labute approximate surface area is 139 Å². The molecule has 2 aromatic carbocycles. The summed E-state index contributed by atoms with van der Waals surface area (Å²) in [4.78, 5) is 0. The maximum atomic E-state index is 13.9. The van der Waals surface area contributed by atoms with E-state index in [9.17, 15) is 22.0 Å². The lowest BCUT2D eigenvalue weighted by atomic mass is 9.90. The Bertz CT molecular complexity index is 719. The van der Waals surface area contributed by atoms with E-state index in [4.69, 9.17) is 0 Å². The number of benzene rings is 2. The van der Waals surface area contributed by atoms with Gasteiger partial charge in [-0.05, 0) is 47.7 Å². The summed E-state index contributed by atoms with van der Waals surface area (Å²) in [7, 11) is 0. The van der Waals surface area contributed by atoms with Crippen molar-refractivity contribution in [3.05, 3.63) is 57.6 Å². The molecule has 0 aliphatic carbocycles. The molecule has 124 valence electrons. The van der Waals surface area contributed by atoms with Crippen molar-refractivity contribution in [1.29, 1.82) is 0 Å². The van der Waals surface area contributed by atoms with E-state index < -0.39 is 17.7 Å². The third kappa shape index (κ3) is 3.42. The number of rotatable bonds is 3. The van der Waals surface area contributed by atoms with Crippen LogP contribution in [0.3, 0.4) is 0 Å². The molecule has 2 aromatic rings. The highest BCUT2D eigenvalue weighted by molar-refractivity contribution is 9.10. The van der Waals surface area contributed by atoms with Gasteiger partial charge >= 0.3 is 12.1 Å². The zero-order chi connectivity index (χ0) is 17.4. The van der Waals surface area contributed by atoms with E-state index in [2.05, 4.69) is 15.9 Å². The molecule has 0 radical (unpaired) electrons. The lowest BCUT2D eigenvalue weighted by Gasteiger charge is -2.24. The van der Waals surface area contributed by atoms with Gasteiger partial charge in [0.05, 0.1) is 0 Å². The molecule has 23 heavy (non-hydrogen) atoms. The summed E-state index contributed by atoms with van der Waals surface area (Å²) in [6.45, 7) is 3.49. The fourth-order valence-electron chi connectivity index (χ4n) is 2.35. The normalized spacial score (nSPS) is 12.5. The van der Waals surface area contributed by atoms with E-state index in [1.54, 1.807) is 25.1 Å².